The van der Waals surface area contributed by atoms with Gasteiger partial charge in [0.15, 0.2) is 0 Å². The molecule has 164 valence electrons. The van der Waals surface area contributed by atoms with Gasteiger partial charge in [0.25, 0.3) is 0 Å². The van der Waals surface area contributed by atoms with Crippen LogP contribution in [0.1, 0.15) is 18.1 Å². The molecular formula is C26H22N4O2S. The highest BCUT2D eigenvalue weighted by molar-refractivity contribution is 8.00. The Morgan fingerprint density at radius 1 is 0.939 bits per heavy atom. The van der Waals surface area contributed by atoms with Crippen LogP contribution >= 0.6 is 11.8 Å². The summed E-state index contributed by atoms with van der Waals surface area (Å²) in [6.07, 6.45) is 2.34. The van der Waals surface area contributed by atoms with E-state index in [4.69, 9.17) is 4.74 Å². The number of methoxy groups -OCH3 is 1. The average Bonchev–Trinajstić information content (AvgIpc) is 3.22. The van der Waals surface area contributed by atoms with Crippen LogP contribution in [0.25, 0.3) is 33.1 Å². The lowest BCUT2D eigenvalue weighted by atomic mass is 10.2. The zero-order valence-electron chi connectivity index (χ0n) is 18.3. The molecule has 0 N–H and O–H groups in total. The molecule has 0 fully saturated rings. The highest BCUT2D eigenvalue weighted by Crippen LogP contribution is 2.32. The van der Waals surface area contributed by atoms with Crippen LogP contribution in [-0.4, -0.2) is 38.0 Å². The summed E-state index contributed by atoms with van der Waals surface area (Å²) < 4.78 is 7.02. The summed E-state index contributed by atoms with van der Waals surface area (Å²) in [6, 6.07) is 23.6. The summed E-state index contributed by atoms with van der Waals surface area (Å²) in [6.45, 7) is 2.00. The maximum atomic E-state index is 13.7. The highest BCUT2D eigenvalue weighted by atomic mass is 32.2. The first-order valence-electron chi connectivity index (χ1n) is 10.7. The second kappa shape index (κ2) is 9.03. The summed E-state index contributed by atoms with van der Waals surface area (Å²) in [4.78, 5) is 18.1. The number of hydrogen-bond acceptors (Lipinski definition) is 6. The maximum absolute atomic E-state index is 13.7. The Morgan fingerprint density at radius 3 is 2.12 bits per heavy atom. The number of nitrogens with zero attached hydrogens (tertiary/aromatic N) is 4. The van der Waals surface area contributed by atoms with Gasteiger partial charge in [0, 0.05) is 16.3 Å². The SMILES string of the molecule is CCC(Sc1ncc(-c2ccc(OC)cc2)nn1)C(=O)n1c2ccccc2c2ccccc21. The van der Waals surface area contributed by atoms with Crippen molar-refractivity contribution in [1.29, 1.82) is 0 Å². The molecule has 1 atom stereocenters. The molecule has 0 spiro atoms. The number of aromatic nitrogens is 4. The number of ether oxygens (including phenoxy) is 1. The van der Waals surface area contributed by atoms with E-state index in [1.807, 2.05) is 72.2 Å². The van der Waals surface area contributed by atoms with Crippen molar-refractivity contribution in [3.8, 4) is 17.0 Å². The standard InChI is InChI=1S/C26H22N4O2S/c1-3-24(33-26-27-16-21(28-29-26)17-12-14-18(32-2)15-13-17)25(31)30-22-10-6-4-8-19(22)20-9-5-7-11-23(20)30/h4-16,24H,3H2,1-2H3. The molecule has 2 heterocycles. The van der Waals surface area contributed by atoms with Gasteiger partial charge in [-0.1, -0.05) is 55.1 Å². The molecule has 0 aliphatic carbocycles. The Labute approximate surface area is 195 Å². The fourth-order valence-electron chi connectivity index (χ4n) is 3.95. The predicted molar refractivity (Wildman–Crippen MR) is 132 cm³/mol. The van der Waals surface area contributed by atoms with E-state index in [1.165, 1.54) is 11.8 Å². The first-order valence-corrected chi connectivity index (χ1v) is 11.6. The normalized spacial score (nSPS) is 12.2. The maximum Gasteiger partial charge on any atom is 0.245 e. The van der Waals surface area contributed by atoms with Gasteiger partial charge in [-0.3, -0.25) is 9.36 Å². The van der Waals surface area contributed by atoms with Crippen molar-refractivity contribution in [2.45, 2.75) is 23.8 Å². The number of hydrogen-bond donors (Lipinski definition) is 0. The molecule has 0 radical (unpaired) electrons. The van der Waals surface area contributed by atoms with Crippen molar-refractivity contribution < 1.29 is 9.53 Å². The highest BCUT2D eigenvalue weighted by Gasteiger charge is 2.25. The molecule has 0 bridgehead atoms. The van der Waals surface area contributed by atoms with E-state index in [2.05, 4.69) is 27.3 Å². The van der Waals surface area contributed by atoms with Crippen molar-refractivity contribution in [2.75, 3.05) is 7.11 Å². The van der Waals surface area contributed by atoms with Gasteiger partial charge in [0.2, 0.25) is 11.1 Å². The smallest absolute Gasteiger partial charge is 0.245 e. The summed E-state index contributed by atoms with van der Waals surface area (Å²) in [7, 11) is 1.63. The van der Waals surface area contributed by atoms with Gasteiger partial charge in [0.1, 0.15) is 11.4 Å². The Hall–Kier alpha value is -3.71. The Morgan fingerprint density at radius 2 is 1.58 bits per heavy atom. The van der Waals surface area contributed by atoms with Crippen LogP contribution < -0.4 is 4.74 Å². The van der Waals surface area contributed by atoms with E-state index in [1.54, 1.807) is 13.3 Å². The second-order valence-corrected chi connectivity index (χ2v) is 8.75. The van der Waals surface area contributed by atoms with E-state index in [0.29, 0.717) is 17.3 Å². The van der Waals surface area contributed by atoms with E-state index >= 15 is 0 Å². The summed E-state index contributed by atoms with van der Waals surface area (Å²) in [5.74, 6) is 0.795. The molecule has 0 aliphatic heterocycles. The summed E-state index contributed by atoms with van der Waals surface area (Å²) in [5.41, 5.74) is 3.40. The topological polar surface area (TPSA) is 69.9 Å². The van der Waals surface area contributed by atoms with Gasteiger partial charge in [0.05, 0.1) is 29.6 Å². The number of carbonyl (C=O) groups excluding carboxylic acids is 1. The number of rotatable bonds is 6. The minimum atomic E-state index is -0.335. The number of benzene rings is 3. The summed E-state index contributed by atoms with van der Waals surface area (Å²) >= 11 is 1.35. The molecule has 5 rings (SSSR count). The third kappa shape index (κ3) is 3.96. The quantitative estimate of drug-likeness (QED) is 0.299. The first kappa shape index (κ1) is 21.2. The van der Waals surface area contributed by atoms with Gasteiger partial charge < -0.3 is 4.74 Å². The fourth-order valence-corrected chi connectivity index (χ4v) is 4.78. The van der Waals surface area contributed by atoms with Crippen LogP contribution in [0.2, 0.25) is 0 Å². The largest absolute Gasteiger partial charge is 0.497 e. The number of carbonyl (C=O) groups is 1. The van der Waals surface area contributed by atoms with E-state index in [9.17, 15) is 4.79 Å². The van der Waals surface area contributed by atoms with Gasteiger partial charge >= 0.3 is 0 Å². The van der Waals surface area contributed by atoms with Crippen molar-refractivity contribution in [3.63, 3.8) is 0 Å². The minimum absolute atomic E-state index is 0.0164. The van der Waals surface area contributed by atoms with E-state index < -0.39 is 0 Å². The number of fused-ring (bicyclic) bond motifs is 3. The van der Waals surface area contributed by atoms with Gasteiger partial charge in [-0.2, -0.15) is 0 Å². The molecule has 7 heteroatoms. The Kier molecular flexibility index (Phi) is 5.79. The van der Waals surface area contributed by atoms with E-state index in [-0.39, 0.29) is 11.2 Å². The second-order valence-electron chi connectivity index (χ2n) is 7.58. The lowest BCUT2D eigenvalue weighted by molar-refractivity contribution is 0.0919. The predicted octanol–water partition coefficient (Wildman–Crippen LogP) is 5.87. The lowest BCUT2D eigenvalue weighted by Gasteiger charge is -2.14. The average molecular weight is 455 g/mol. The van der Waals surface area contributed by atoms with Crippen LogP contribution in [-0.2, 0) is 0 Å². The molecule has 0 saturated heterocycles. The fraction of sp³-hybridized carbons (Fsp3) is 0.154. The Bertz CT molecular complexity index is 1380. The Balaban J connectivity index is 1.43. The van der Waals surface area contributed by atoms with Gasteiger partial charge in [-0.05, 0) is 42.8 Å². The third-order valence-electron chi connectivity index (χ3n) is 5.62. The number of thioether (sulfide) groups is 1. The molecule has 0 aliphatic rings. The van der Waals surface area contributed by atoms with Crippen LogP contribution in [0.15, 0.2) is 84.1 Å². The zero-order chi connectivity index (χ0) is 22.8. The number of para-hydroxylation sites is 2. The molecule has 2 aromatic heterocycles. The van der Waals surface area contributed by atoms with Crippen LogP contribution in [0.4, 0.5) is 0 Å². The molecule has 3 aromatic carbocycles. The van der Waals surface area contributed by atoms with Crippen LogP contribution in [0, 0.1) is 0 Å². The van der Waals surface area contributed by atoms with Crippen LogP contribution in [0.3, 0.4) is 0 Å². The van der Waals surface area contributed by atoms with Crippen LogP contribution in [0.5, 0.6) is 5.75 Å². The molecule has 0 saturated carbocycles. The lowest BCUT2D eigenvalue weighted by Crippen LogP contribution is -2.23. The molecule has 0 amide bonds. The van der Waals surface area contributed by atoms with Crippen molar-refractivity contribution in [3.05, 3.63) is 79.0 Å². The van der Waals surface area contributed by atoms with Gasteiger partial charge in [-0.15, -0.1) is 10.2 Å². The van der Waals surface area contributed by atoms with Crippen molar-refractivity contribution >= 4 is 39.5 Å². The van der Waals surface area contributed by atoms with Gasteiger partial charge in [-0.25, -0.2) is 4.98 Å². The third-order valence-corrected chi connectivity index (χ3v) is 6.84. The molecule has 33 heavy (non-hydrogen) atoms. The zero-order valence-corrected chi connectivity index (χ0v) is 19.1. The molecular weight excluding hydrogens is 432 g/mol. The molecule has 1 unspecified atom stereocenters. The monoisotopic (exact) mass is 454 g/mol. The molecule has 6 nitrogen and oxygen atoms in total. The van der Waals surface area contributed by atoms with Crippen molar-refractivity contribution in [1.82, 2.24) is 19.7 Å². The summed E-state index contributed by atoms with van der Waals surface area (Å²) in [5, 5.41) is 10.9. The first-order chi connectivity index (χ1) is 16.2. The minimum Gasteiger partial charge on any atom is -0.497 e. The van der Waals surface area contributed by atoms with E-state index in [0.717, 1.165) is 33.1 Å². The molecule has 5 aromatic rings. The van der Waals surface area contributed by atoms with Crippen molar-refractivity contribution in [2.24, 2.45) is 0 Å².